The number of nitrogens with zero attached hydrogens (tertiary/aromatic N) is 5. The van der Waals surface area contributed by atoms with Gasteiger partial charge in [0.15, 0.2) is 0 Å². The SMILES string of the molecule is Cc1nn(C)c(C)c1-c1cc2ncn(C)c(=O)c2c(NC(C)C)n1. The summed E-state index contributed by atoms with van der Waals surface area (Å²) in [5, 5.41) is 8.25. The Morgan fingerprint density at radius 2 is 1.92 bits per heavy atom. The van der Waals surface area contributed by atoms with E-state index >= 15 is 0 Å². The van der Waals surface area contributed by atoms with Gasteiger partial charge in [-0.15, -0.1) is 0 Å². The van der Waals surface area contributed by atoms with Gasteiger partial charge in [-0.1, -0.05) is 0 Å². The lowest BCUT2D eigenvalue weighted by Crippen LogP contribution is -2.21. The van der Waals surface area contributed by atoms with Gasteiger partial charge in [0.1, 0.15) is 11.2 Å². The minimum Gasteiger partial charge on any atom is -0.367 e. The first-order chi connectivity index (χ1) is 11.3. The van der Waals surface area contributed by atoms with E-state index in [2.05, 4.69) is 15.4 Å². The average molecular weight is 326 g/mol. The lowest BCUT2D eigenvalue weighted by atomic mass is 10.1. The summed E-state index contributed by atoms with van der Waals surface area (Å²) in [6.45, 7) is 8.00. The number of aryl methyl sites for hydroxylation is 3. The topological polar surface area (TPSA) is 77.6 Å². The number of pyridine rings is 1. The minimum absolute atomic E-state index is 0.109. The molecule has 1 N–H and O–H groups in total. The second-order valence-corrected chi connectivity index (χ2v) is 6.38. The van der Waals surface area contributed by atoms with E-state index < -0.39 is 0 Å². The van der Waals surface area contributed by atoms with Crippen LogP contribution in [0, 0.1) is 13.8 Å². The molecule has 0 unspecified atom stereocenters. The maximum absolute atomic E-state index is 12.5. The van der Waals surface area contributed by atoms with E-state index in [1.807, 2.05) is 45.5 Å². The van der Waals surface area contributed by atoms with Gasteiger partial charge in [-0.2, -0.15) is 5.10 Å². The van der Waals surface area contributed by atoms with E-state index in [1.165, 1.54) is 10.9 Å². The van der Waals surface area contributed by atoms with Gasteiger partial charge in [0.25, 0.3) is 5.56 Å². The standard InChI is InChI=1S/C17H22N6O/c1-9(2)19-16-15-12(18-8-22(5)17(15)24)7-13(20-16)14-10(3)21-23(6)11(14)4/h7-9H,1-6H3,(H,19,20). The molecular formula is C17H22N6O. The molecule has 3 aromatic rings. The number of fused-ring (bicyclic) bond motifs is 1. The van der Waals surface area contributed by atoms with Crippen LogP contribution in [-0.4, -0.2) is 30.4 Å². The van der Waals surface area contributed by atoms with Crippen molar-refractivity contribution in [1.29, 1.82) is 0 Å². The molecule has 0 aliphatic rings. The van der Waals surface area contributed by atoms with Crippen molar-refractivity contribution < 1.29 is 0 Å². The second-order valence-electron chi connectivity index (χ2n) is 6.38. The van der Waals surface area contributed by atoms with Crippen molar-refractivity contribution in [1.82, 2.24) is 24.3 Å². The summed E-state index contributed by atoms with van der Waals surface area (Å²) in [6, 6.07) is 2.01. The lowest BCUT2D eigenvalue weighted by molar-refractivity contribution is 0.731. The number of anilines is 1. The number of rotatable bonds is 3. The molecule has 3 rings (SSSR count). The quantitative estimate of drug-likeness (QED) is 0.798. The van der Waals surface area contributed by atoms with Gasteiger partial charge in [0.05, 0.1) is 23.2 Å². The van der Waals surface area contributed by atoms with Gasteiger partial charge in [0.2, 0.25) is 0 Å². The van der Waals surface area contributed by atoms with Crippen LogP contribution in [0.4, 0.5) is 5.82 Å². The van der Waals surface area contributed by atoms with Crippen LogP contribution in [0.3, 0.4) is 0 Å². The largest absolute Gasteiger partial charge is 0.367 e. The molecule has 0 amide bonds. The minimum atomic E-state index is -0.109. The van der Waals surface area contributed by atoms with Crippen LogP contribution in [0.1, 0.15) is 25.2 Å². The van der Waals surface area contributed by atoms with Crippen molar-refractivity contribution in [3.8, 4) is 11.3 Å². The molecule has 0 fully saturated rings. The Bertz CT molecular complexity index is 983. The van der Waals surface area contributed by atoms with Crippen molar-refractivity contribution >= 4 is 16.7 Å². The van der Waals surface area contributed by atoms with Gasteiger partial charge in [-0.05, 0) is 33.8 Å². The van der Waals surface area contributed by atoms with E-state index in [1.54, 1.807) is 7.05 Å². The van der Waals surface area contributed by atoms with Crippen LogP contribution >= 0.6 is 0 Å². The Labute approximate surface area is 140 Å². The third-order valence-corrected chi connectivity index (χ3v) is 4.09. The van der Waals surface area contributed by atoms with E-state index in [-0.39, 0.29) is 11.6 Å². The van der Waals surface area contributed by atoms with E-state index in [0.29, 0.717) is 16.7 Å². The molecule has 0 saturated carbocycles. The Kier molecular flexibility index (Phi) is 3.87. The van der Waals surface area contributed by atoms with Crippen molar-refractivity contribution in [2.24, 2.45) is 14.1 Å². The van der Waals surface area contributed by atoms with Crippen LogP contribution in [0.2, 0.25) is 0 Å². The highest BCUT2D eigenvalue weighted by atomic mass is 16.1. The fourth-order valence-electron chi connectivity index (χ4n) is 2.87. The van der Waals surface area contributed by atoms with Crippen LogP contribution < -0.4 is 10.9 Å². The molecule has 0 radical (unpaired) electrons. The van der Waals surface area contributed by atoms with Crippen molar-refractivity contribution in [3.05, 3.63) is 34.1 Å². The molecule has 3 aromatic heterocycles. The monoisotopic (exact) mass is 326 g/mol. The van der Waals surface area contributed by atoms with Gasteiger partial charge < -0.3 is 9.88 Å². The molecule has 0 atom stereocenters. The highest BCUT2D eigenvalue weighted by Gasteiger charge is 2.18. The molecule has 126 valence electrons. The molecule has 0 spiro atoms. The first kappa shape index (κ1) is 16.2. The molecule has 0 aromatic carbocycles. The van der Waals surface area contributed by atoms with Gasteiger partial charge in [0, 0.05) is 31.4 Å². The zero-order valence-electron chi connectivity index (χ0n) is 14.9. The predicted octanol–water partition coefficient (Wildman–Crippen LogP) is 2.17. The predicted molar refractivity (Wildman–Crippen MR) is 95.2 cm³/mol. The molecule has 0 bridgehead atoms. The van der Waals surface area contributed by atoms with Gasteiger partial charge >= 0.3 is 0 Å². The molecule has 7 heteroatoms. The summed E-state index contributed by atoms with van der Waals surface area (Å²) < 4.78 is 3.30. The zero-order chi connectivity index (χ0) is 17.6. The maximum Gasteiger partial charge on any atom is 0.264 e. The zero-order valence-corrected chi connectivity index (χ0v) is 14.9. The van der Waals surface area contributed by atoms with Crippen molar-refractivity contribution in [2.45, 2.75) is 33.7 Å². The van der Waals surface area contributed by atoms with Crippen molar-refractivity contribution in [3.63, 3.8) is 0 Å². The van der Waals surface area contributed by atoms with E-state index in [9.17, 15) is 4.79 Å². The van der Waals surface area contributed by atoms with Gasteiger partial charge in [-0.25, -0.2) is 9.97 Å². The highest BCUT2D eigenvalue weighted by molar-refractivity contribution is 5.91. The Balaban J connectivity index is 2.36. The first-order valence-corrected chi connectivity index (χ1v) is 7.93. The summed E-state index contributed by atoms with van der Waals surface area (Å²) in [6.07, 6.45) is 1.54. The molecule has 3 heterocycles. The van der Waals surface area contributed by atoms with Crippen LogP contribution in [0.25, 0.3) is 22.2 Å². The van der Waals surface area contributed by atoms with Crippen LogP contribution in [0.5, 0.6) is 0 Å². The van der Waals surface area contributed by atoms with Crippen molar-refractivity contribution in [2.75, 3.05) is 5.32 Å². The maximum atomic E-state index is 12.5. The molecule has 24 heavy (non-hydrogen) atoms. The highest BCUT2D eigenvalue weighted by Crippen LogP contribution is 2.29. The Hall–Kier alpha value is -2.70. The molecular weight excluding hydrogens is 304 g/mol. The normalized spacial score (nSPS) is 11.5. The third kappa shape index (κ3) is 2.55. The van der Waals surface area contributed by atoms with E-state index in [0.717, 1.165) is 22.6 Å². The first-order valence-electron chi connectivity index (χ1n) is 7.93. The number of nitrogens with one attached hydrogen (secondary N) is 1. The summed E-state index contributed by atoms with van der Waals surface area (Å²) in [4.78, 5) is 21.7. The summed E-state index contributed by atoms with van der Waals surface area (Å²) in [5.74, 6) is 0.564. The smallest absolute Gasteiger partial charge is 0.264 e. The summed E-state index contributed by atoms with van der Waals surface area (Å²) in [7, 11) is 3.60. The summed E-state index contributed by atoms with van der Waals surface area (Å²) >= 11 is 0. The number of hydrogen-bond acceptors (Lipinski definition) is 5. The third-order valence-electron chi connectivity index (χ3n) is 4.09. The van der Waals surface area contributed by atoms with Crippen LogP contribution in [0.15, 0.2) is 17.2 Å². The lowest BCUT2D eigenvalue weighted by Gasteiger charge is -2.14. The molecule has 7 nitrogen and oxygen atoms in total. The molecule has 0 saturated heterocycles. The van der Waals surface area contributed by atoms with Gasteiger partial charge in [-0.3, -0.25) is 9.48 Å². The number of aromatic nitrogens is 5. The second kappa shape index (κ2) is 5.74. The average Bonchev–Trinajstić information content (AvgIpc) is 2.75. The summed E-state index contributed by atoms with van der Waals surface area (Å²) in [5.41, 5.74) is 4.21. The van der Waals surface area contributed by atoms with Crippen LogP contribution in [-0.2, 0) is 14.1 Å². The Morgan fingerprint density at radius 1 is 1.21 bits per heavy atom. The molecule has 0 aliphatic carbocycles. The van der Waals surface area contributed by atoms with E-state index in [4.69, 9.17) is 4.98 Å². The molecule has 0 aliphatic heterocycles. The Morgan fingerprint density at radius 3 is 2.50 bits per heavy atom. The number of hydrogen-bond donors (Lipinski definition) is 1. The fourth-order valence-corrected chi connectivity index (χ4v) is 2.87. The fraction of sp³-hybridized carbons (Fsp3) is 0.412.